The molecule has 6 nitrogen and oxygen atoms in total. The topological polar surface area (TPSA) is 68.2 Å². The van der Waals surface area contributed by atoms with Crippen LogP contribution in [0.5, 0.6) is 5.88 Å². The number of fused-ring (bicyclic) bond motifs is 3. The number of rotatable bonds is 4. The first-order valence-electron chi connectivity index (χ1n) is 9.20. The summed E-state index contributed by atoms with van der Waals surface area (Å²) >= 11 is 1.43. The predicted octanol–water partition coefficient (Wildman–Crippen LogP) is 4.57. The van der Waals surface area contributed by atoms with Crippen LogP contribution in [0.25, 0.3) is 11.3 Å². The zero-order chi connectivity index (χ0) is 20.4. The van der Waals surface area contributed by atoms with Gasteiger partial charge in [0.25, 0.3) is 0 Å². The van der Waals surface area contributed by atoms with Crippen molar-refractivity contribution in [3.63, 3.8) is 0 Å². The van der Waals surface area contributed by atoms with Gasteiger partial charge in [0.05, 0.1) is 5.69 Å². The molecule has 29 heavy (non-hydrogen) atoms. The van der Waals surface area contributed by atoms with Gasteiger partial charge >= 0.3 is 0 Å². The number of aryl methyl sites for hydroxylation is 1. The Hall–Kier alpha value is -3.19. The molecule has 0 aliphatic carbocycles. The Kier molecular flexibility index (Phi) is 5.31. The number of thioether (sulfide) groups is 1. The molecule has 0 spiro atoms. The van der Waals surface area contributed by atoms with Gasteiger partial charge in [0.1, 0.15) is 0 Å². The van der Waals surface area contributed by atoms with Gasteiger partial charge in [-0.1, -0.05) is 60.3 Å². The molecule has 1 aliphatic heterocycles. The van der Waals surface area contributed by atoms with Crippen molar-refractivity contribution in [2.75, 3.05) is 10.7 Å². The standard InChI is InChI=1S/C22H20N4O2S/c1-4-13-29-22-23-20-19(24-25-22)17-11-7-8-12-18(17)26(15(3)27)21(28-20)16-10-6-5-9-14(16)2/h4-12,21H,1,13H2,2-3H3. The number of aromatic nitrogens is 3. The molecule has 4 rings (SSSR count). The molecule has 146 valence electrons. The van der Waals surface area contributed by atoms with Gasteiger partial charge in [0, 0.05) is 23.8 Å². The molecule has 1 amide bonds. The summed E-state index contributed by atoms with van der Waals surface area (Å²) in [5.74, 6) is 0.890. The number of anilines is 1. The molecule has 0 radical (unpaired) electrons. The second kappa shape index (κ2) is 8.05. The highest BCUT2D eigenvalue weighted by molar-refractivity contribution is 7.99. The lowest BCUT2D eigenvalue weighted by atomic mass is 10.0. The number of hydrogen-bond acceptors (Lipinski definition) is 6. The highest BCUT2D eigenvalue weighted by Gasteiger charge is 2.35. The van der Waals surface area contributed by atoms with Crippen molar-refractivity contribution in [2.45, 2.75) is 25.2 Å². The number of nitrogens with zero attached hydrogens (tertiary/aromatic N) is 4. The fourth-order valence-electron chi connectivity index (χ4n) is 3.31. The smallest absolute Gasteiger partial charge is 0.247 e. The maximum absolute atomic E-state index is 12.7. The summed E-state index contributed by atoms with van der Waals surface area (Å²) in [5.41, 5.74) is 3.91. The van der Waals surface area contributed by atoms with Crippen LogP contribution in [-0.2, 0) is 4.79 Å². The monoisotopic (exact) mass is 404 g/mol. The summed E-state index contributed by atoms with van der Waals surface area (Å²) in [6.45, 7) is 7.26. The van der Waals surface area contributed by atoms with Crippen LogP contribution in [-0.4, -0.2) is 26.8 Å². The lowest BCUT2D eigenvalue weighted by molar-refractivity contribution is -0.118. The lowest BCUT2D eigenvalue weighted by Gasteiger charge is -2.30. The van der Waals surface area contributed by atoms with Crippen LogP contribution in [0.15, 0.2) is 66.3 Å². The second-order valence-electron chi connectivity index (χ2n) is 6.58. The molecule has 2 aromatic carbocycles. The third-order valence-corrected chi connectivity index (χ3v) is 5.47. The third kappa shape index (κ3) is 3.61. The van der Waals surface area contributed by atoms with Crippen LogP contribution in [0.4, 0.5) is 5.69 Å². The molecule has 0 saturated carbocycles. The van der Waals surface area contributed by atoms with E-state index in [9.17, 15) is 4.79 Å². The first kappa shape index (κ1) is 19.1. The number of benzene rings is 2. The average Bonchev–Trinajstić information content (AvgIpc) is 2.86. The van der Waals surface area contributed by atoms with Gasteiger partial charge in [-0.3, -0.25) is 9.69 Å². The maximum Gasteiger partial charge on any atom is 0.247 e. The number of carbonyl (C=O) groups is 1. The van der Waals surface area contributed by atoms with Crippen LogP contribution in [0, 0.1) is 6.92 Å². The van der Waals surface area contributed by atoms with E-state index in [4.69, 9.17) is 4.74 Å². The summed E-state index contributed by atoms with van der Waals surface area (Å²) in [4.78, 5) is 19.0. The summed E-state index contributed by atoms with van der Waals surface area (Å²) < 4.78 is 6.35. The van der Waals surface area contributed by atoms with E-state index >= 15 is 0 Å². The SMILES string of the molecule is C=CCSc1nnc2c(n1)OC(c1ccccc1C)N(C(C)=O)c1ccccc1-2. The van der Waals surface area contributed by atoms with Gasteiger partial charge in [0.2, 0.25) is 23.2 Å². The lowest BCUT2D eigenvalue weighted by Crippen LogP contribution is -2.36. The van der Waals surface area contributed by atoms with E-state index in [-0.39, 0.29) is 5.91 Å². The van der Waals surface area contributed by atoms with Crippen molar-refractivity contribution in [2.24, 2.45) is 0 Å². The van der Waals surface area contributed by atoms with Crippen LogP contribution >= 0.6 is 11.8 Å². The quantitative estimate of drug-likeness (QED) is 0.469. The van der Waals surface area contributed by atoms with E-state index in [1.807, 2.05) is 55.5 Å². The molecule has 0 bridgehead atoms. The number of hydrogen-bond donors (Lipinski definition) is 0. The molecule has 1 unspecified atom stereocenters. The Morgan fingerprint density at radius 1 is 1.21 bits per heavy atom. The Bertz CT molecular complexity index is 1090. The van der Waals surface area contributed by atoms with E-state index in [1.165, 1.54) is 18.7 Å². The first-order chi connectivity index (χ1) is 14.1. The molecule has 3 aromatic rings. The van der Waals surface area contributed by atoms with Crippen LogP contribution in [0.2, 0.25) is 0 Å². The van der Waals surface area contributed by atoms with Gasteiger partial charge in [-0.2, -0.15) is 4.98 Å². The van der Waals surface area contributed by atoms with Gasteiger partial charge in [-0.05, 0) is 18.6 Å². The molecule has 0 N–H and O–H groups in total. The molecular formula is C22H20N4O2S. The zero-order valence-electron chi connectivity index (χ0n) is 16.2. The number of ether oxygens (including phenoxy) is 1. The van der Waals surface area contributed by atoms with Gasteiger partial charge < -0.3 is 4.74 Å². The largest absolute Gasteiger partial charge is 0.447 e. The summed E-state index contributed by atoms with van der Waals surface area (Å²) in [7, 11) is 0. The van der Waals surface area contributed by atoms with Crippen LogP contribution in [0.1, 0.15) is 24.3 Å². The minimum Gasteiger partial charge on any atom is -0.447 e. The Labute approximate surface area is 173 Å². The highest BCUT2D eigenvalue weighted by Crippen LogP contribution is 2.43. The zero-order valence-corrected chi connectivity index (χ0v) is 17.0. The number of para-hydroxylation sites is 1. The van der Waals surface area contributed by atoms with Crippen molar-refractivity contribution in [1.29, 1.82) is 0 Å². The van der Waals surface area contributed by atoms with Crippen LogP contribution in [0.3, 0.4) is 0 Å². The molecule has 1 atom stereocenters. The highest BCUT2D eigenvalue weighted by atomic mass is 32.2. The molecule has 0 fully saturated rings. The van der Waals surface area contributed by atoms with E-state index in [0.717, 1.165) is 22.4 Å². The second-order valence-corrected chi connectivity index (χ2v) is 7.57. The first-order valence-corrected chi connectivity index (χ1v) is 10.2. The van der Waals surface area contributed by atoms with Crippen molar-refractivity contribution in [3.05, 3.63) is 72.3 Å². The molecular weight excluding hydrogens is 384 g/mol. The predicted molar refractivity (Wildman–Crippen MR) is 114 cm³/mol. The van der Waals surface area contributed by atoms with Crippen molar-refractivity contribution in [3.8, 4) is 17.1 Å². The fraction of sp³-hybridized carbons (Fsp3) is 0.182. The summed E-state index contributed by atoms with van der Waals surface area (Å²) in [5, 5.41) is 9.11. The number of carbonyl (C=O) groups excluding carboxylic acids is 1. The van der Waals surface area contributed by atoms with E-state index in [0.29, 0.717) is 22.5 Å². The van der Waals surface area contributed by atoms with Gasteiger partial charge in [-0.25, -0.2) is 0 Å². The number of amides is 1. The molecule has 1 aliphatic rings. The van der Waals surface area contributed by atoms with Crippen molar-refractivity contribution in [1.82, 2.24) is 15.2 Å². The van der Waals surface area contributed by atoms with E-state index in [2.05, 4.69) is 21.8 Å². The normalized spacial score (nSPS) is 15.0. The fourth-order valence-corrected chi connectivity index (χ4v) is 3.83. The molecule has 0 saturated heterocycles. The maximum atomic E-state index is 12.7. The van der Waals surface area contributed by atoms with Gasteiger partial charge in [-0.15, -0.1) is 16.8 Å². The average molecular weight is 404 g/mol. The van der Waals surface area contributed by atoms with Crippen molar-refractivity contribution >= 4 is 23.4 Å². The minimum absolute atomic E-state index is 0.132. The Morgan fingerprint density at radius 2 is 1.97 bits per heavy atom. The Morgan fingerprint density at radius 3 is 2.72 bits per heavy atom. The van der Waals surface area contributed by atoms with Crippen molar-refractivity contribution < 1.29 is 9.53 Å². The van der Waals surface area contributed by atoms with E-state index < -0.39 is 6.23 Å². The van der Waals surface area contributed by atoms with Gasteiger partial charge in [0.15, 0.2) is 5.69 Å². The molecule has 1 aromatic heterocycles. The summed E-state index contributed by atoms with van der Waals surface area (Å²) in [6.07, 6.45) is 1.12. The summed E-state index contributed by atoms with van der Waals surface area (Å²) in [6, 6.07) is 15.4. The Balaban J connectivity index is 1.93. The minimum atomic E-state index is -0.662. The molecule has 7 heteroatoms. The third-order valence-electron chi connectivity index (χ3n) is 4.64. The van der Waals surface area contributed by atoms with Crippen LogP contribution < -0.4 is 9.64 Å². The van der Waals surface area contributed by atoms with E-state index in [1.54, 1.807) is 11.0 Å². The molecule has 2 heterocycles.